The fourth-order valence-electron chi connectivity index (χ4n) is 1.88. The Morgan fingerprint density at radius 3 is 2.27 bits per heavy atom. The van der Waals surface area contributed by atoms with E-state index in [2.05, 4.69) is 10.3 Å². The number of halogens is 3. The lowest BCUT2D eigenvalue weighted by atomic mass is 10.1. The Bertz CT molecular complexity index is 737. The fraction of sp³-hybridized carbons (Fsp3) is 0.385. The predicted molar refractivity (Wildman–Crippen MR) is 73.5 cm³/mol. The molecule has 0 aliphatic heterocycles. The summed E-state index contributed by atoms with van der Waals surface area (Å²) in [7, 11) is -3.53. The summed E-state index contributed by atoms with van der Waals surface area (Å²) in [6, 6.07) is 4.09. The van der Waals surface area contributed by atoms with Crippen molar-refractivity contribution in [3.05, 3.63) is 47.3 Å². The van der Waals surface area contributed by atoms with E-state index in [4.69, 9.17) is 0 Å². The van der Waals surface area contributed by atoms with Crippen molar-refractivity contribution in [2.45, 2.75) is 31.2 Å². The molecule has 9 heteroatoms. The Labute approximate surface area is 125 Å². The summed E-state index contributed by atoms with van der Waals surface area (Å²) in [6.45, 7) is 2.42. The minimum Gasteiger partial charge on any atom is -0.253 e. The first-order chi connectivity index (χ1) is 10.2. The summed E-state index contributed by atoms with van der Waals surface area (Å²) >= 11 is 0. The van der Waals surface area contributed by atoms with Crippen LogP contribution < -0.4 is 0 Å². The van der Waals surface area contributed by atoms with Gasteiger partial charge >= 0.3 is 6.18 Å². The topological polar surface area (TPSA) is 64.8 Å². The van der Waals surface area contributed by atoms with Gasteiger partial charge in [0.05, 0.1) is 22.8 Å². The van der Waals surface area contributed by atoms with E-state index < -0.39 is 21.6 Å². The monoisotopic (exact) mass is 333 g/mol. The molecular weight excluding hydrogens is 319 g/mol. The maximum absolute atomic E-state index is 12.4. The van der Waals surface area contributed by atoms with Crippen LogP contribution in [0.3, 0.4) is 0 Å². The number of rotatable bonds is 5. The van der Waals surface area contributed by atoms with Crippen LogP contribution in [-0.2, 0) is 34.1 Å². The molecule has 0 N–H and O–H groups in total. The Morgan fingerprint density at radius 1 is 1.14 bits per heavy atom. The average molecular weight is 333 g/mol. The van der Waals surface area contributed by atoms with Gasteiger partial charge in [-0.05, 0) is 24.6 Å². The molecule has 0 bridgehead atoms. The zero-order valence-corrected chi connectivity index (χ0v) is 12.5. The van der Waals surface area contributed by atoms with Crippen LogP contribution in [0.5, 0.6) is 0 Å². The maximum atomic E-state index is 12.4. The molecule has 120 valence electrons. The molecule has 0 amide bonds. The number of alkyl halides is 3. The fourth-order valence-corrected chi connectivity index (χ4v) is 3.26. The van der Waals surface area contributed by atoms with Gasteiger partial charge in [0.2, 0.25) is 0 Å². The van der Waals surface area contributed by atoms with Crippen molar-refractivity contribution >= 4 is 9.84 Å². The van der Waals surface area contributed by atoms with E-state index in [9.17, 15) is 21.6 Å². The van der Waals surface area contributed by atoms with Crippen molar-refractivity contribution in [3.8, 4) is 0 Å². The van der Waals surface area contributed by atoms with Crippen LogP contribution in [0.2, 0.25) is 0 Å². The molecule has 0 radical (unpaired) electrons. The highest BCUT2D eigenvalue weighted by molar-refractivity contribution is 7.89. The van der Waals surface area contributed by atoms with Gasteiger partial charge in [0, 0.05) is 12.7 Å². The Hall–Kier alpha value is -1.90. The SMILES string of the molecule is CCn1cc(CS(=O)(=O)Cc2ccc(C(F)(F)F)cc2)nn1. The summed E-state index contributed by atoms with van der Waals surface area (Å²) in [5.74, 6) is -0.641. The first-order valence-electron chi connectivity index (χ1n) is 6.45. The number of nitrogens with zero attached hydrogens (tertiary/aromatic N) is 3. The molecule has 1 aromatic heterocycles. The molecule has 2 rings (SSSR count). The molecule has 0 spiro atoms. The lowest BCUT2D eigenvalue weighted by Crippen LogP contribution is -2.09. The Kier molecular flexibility index (Phi) is 4.55. The van der Waals surface area contributed by atoms with Gasteiger partial charge in [0.25, 0.3) is 0 Å². The molecule has 0 saturated heterocycles. The van der Waals surface area contributed by atoms with Crippen molar-refractivity contribution < 1.29 is 21.6 Å². The standard InChI is InChI=1S/C13H14F3N3O2S/c1-2-19-7-12(17-18-19)9-22(20,21)8-10-3-5-11(6-4-10)13(14,15)16/h3-7H,2,8-9H2,1H3. The van der Waals surface area contributed by atoms with Crippen molar-refractivity contribution in [3.63, 3.8) is 0 Å². The van der Waals surface area contributed by atoms with E-state index in [1.54, 1.807) is 0 Å². The quantitative estimate of drug-likeness (QED) is 0.843. The largest absolute Gasteiger partial charge is 0.416 e. The number of hydrogen-bond acceptors (Lipinski definition) is 4. The van der Waals surface area contributed by atoms with Crippen molar-refractivity contribution in [1.29, 1.82) is 0 Å². The number of aromatic nitrogens is 3. The zero-order chi connectivity index (χ0) is 16.4. The summed E-state index contributed by atoms with van der Waals surface area (Å²) < 4.78 is 62.9. The number of aryl methyl sites for hydroxylation is 1. The first-order valence-corrected chi connectivity index (χ1v) is 8.27. The molecule has 0 saturated carbocycles. The molecule has 0 unspecified atom stereocenters. The number of sulfone groups is 1. The minimum absolute atomic E-state index is 0.298. The van der Waals surface area contributed by atoms with E-state index in [0.717, 1.165) is 12.1 Å². The molecule has 0 aliphatic carbocycles. The van der Waals surface area contributed by atoms with Crippen molar-refractivity contribution in [1.82, 2.24) is 15.0 Å². The summed E-state index contributed by atoms with van der Waals surface area (Å²) in [5, 5.41) is 7.49. The number of benzene rings is 1. The third-order valence-electron chi connectivity index (χ3n) is 2.95. The minimum atomic E-state index is -4.43. The maximum Gasteiger partial charge on any atom is 0.416 e. The smallest absolute Gasteiger partial charge is 0.253 e. The number of hydrogen-bond donors (Lipinski definition) is 0. The van der Waals surface area contributed by atoms with Crippen molar-refractivity contribution in [2.75, 3.05) is 0 Å². The predicted octanol–water partition coefficient (Wildman–Crippen LogP) is 2.43. The average Bonchev–Trinajstić information content (AvgIpc) is 2.84. The Balaban J connectivity index is 2.08. The molecule has 5 nitrogen and oxygen atoms in total. The lowest BCUT2D eigenvalue weighted by Gasteiger charge is -2.07. The summed E-state index contributed by atoms with van der Waals surface area (Å²) in [4.78, 5) is 0. The van der Waals surface area contributed by atoms with E-state index in [1.165, 1.54) is 23.0 Å². The first kappa shape index (κ1) is 16.5. The van der Waals surface area contributed by atoms with Gasteiger partial charge in [0.1, 0.15) is 0 Å². The molecule has 0 fully saturated rings. The molecule has 22 heavy (non-hydrogen) atoms. The highest BCUT2D eigenvalue weighted by Gasteiger charge is 2.30. The second kappa shape index (κ2) is 6.07. The third-order valence-corrected chi connectivity index (χ3v) is 4.45. The van der Waals surface area contributed by atoms with Crippen LogP contribution in [0.25, 0.3) is 0 Å². The molecular formula is C13H14F3N3O2S. The van der Waals surface area contributed by atoms with E-state index in [1.807, 2.05) is 6.92 Å². The van der Waals surface area contributed by atoms with Crippen LogP contribution in [0.4, 0.5) is 13.2 Å². The molecule has 0 atom stereocenters. The zero-order valence-electron chi connectivity index (χ0n) is 11.7. The van der Waals surface area contributed by atoms with E-state index >= 15 is 0 Å². The lowest BCUT2D eigenvalue weighted by molar-refractivity contribution is -0.137. The molecule has 1 heterocycles. The van der Waals surface area contributed by atoms with Gasteiger partial charge in [-0.15, -0.1) is 5.10 Å². The van der Waals surface area contributed by atoms with Gasteiger partial charge in [-0.2, -0.15) is 13.2 Å². The van der Waals surface area contributed by atoms with E-state index in [0.29, 0.717) is 17.8 Å². The van der Waals surface area contributed by atoms with Crippen LogP contribution >= 0.6 is 0 Å². The second-order valence-corrected chi connectivity index (χ2v) is 6.86. The highest BCUT2D eigenvalue weighted by atomic mass is 32.2. The van der Waals surface area contributed by atoms with E-state index in [-0.39, 0.29) is 11.5 Å². The van der Waals surface area contributed by atoms with Gasteiger partial charge < -0.3 is 0 Å². The molecule has 0 aliphatic rings. The normalized spacial score (nSPS) is 12.5. The van der Waals surface area contributed by atoms with Crippen LogP contribution in [0.1, 0.15) is 23.7 Å². The van der Waals surface area contributed by atoms with Gasteiger partial charge in [0.15, 0.2) is 9.84 Å². The molecule has 1 aromatic carbocycles. The highest BCUT2D eigenvalue weighted by Crippen LogP contribution is 2.29. The summed E-state index contributed by atoms with van der Waals surface area (Å²) in [6.07, 6.45) is -2.90. The third kappa shape index (κ3) is 4.30. The van der Waals surface area contributed by atoms with Crippen LogP contribution in [0, 0.1) is 0 Å². The van der Waals surface area contributed by atoms with Gasteiger partial charge in [-0.1, -0.05) is 17.3 Å². The van der Waals surface area contributed by atoms with Gasteiger partial charge in [-0.3, -0.25) is 4.68 Å². The summed E-state index contributed by atoms with van der Waals surface area (Å²) in [5.41, 5.74) is -0.191. The second-order valence-electron chi connectivity index (χ2n) is 4.79. The van der Waals surface area contributed by atoms with Gasteiger partial charge in [-0.25, -0.2) is 8.42 Å². The Morgan fingerprint density at radius 2 is 1.77 bits per heavy atom. The van der Waals surface area contributed by atoms with Crippen LogP contribution in [-0.4, -0.2) is 23.4 Å². The van der Waals surface area contributed by atoms with Crippen LogP contribution in [0.15, 0.2) is 30.5 Å². The van der Waals surface area contributed by atoms with Crippen molar-refractivity contribution in [2.24, 2.45) is 0 Å². The molecule has 2 aromatic rings.